The molecule has 1 unspecified atom stereocenters. The number of nitrogens with one attached hydrogen (secondary N) is 1. The van der Waals surface area contributed by atoms with Gasteiger partial charge in [-0.05, 0) is 6.42 Å². The Morgan fingerprint density at radius 3 is 2.53 bits per heavy atom. The summed E-state index contributed by atoms with van der Waals surface area (Å²) in [5, 5.41) is 2.72. The Morgan fingerprint density at radius 2 is 2.13 bits per heavy atom. The van der Waals surface area contributed by atoms with Crippen LogP contribution < -0.4 is 11.1 Å². The molecule has 0 fully saturated rings. The predicted molar refractivity (Wildman–Crippen MR) is 60.3 cm³/mol. The predicted octanol–water partition coefficient (Wildman–Crippen LogP) is -0.383. The van der Waals surface area contributed by atoms with Crippen molar-refractivity contribution in [2.45, 2.75) is 12.5 Å². The molecule has 0 saturated carbocycles. The van der Waals surface area contributed by atoms with Gasteiger partial charge in [0.15, 0.2) is 0 Å². The van der Waals surface area contributed by atoms with Crippen molar-refractivity contribution >= 4 is 27.3 Å². The van der Waals surface area contributed by atoms with Crippen LogP contribution in [0.1, 0.15) is 6.42 Å². The molecule has 7 heteroatoms. The van der Waals surface area contributed by atoms with E-state index in [0.29, 0.717) is 5.03 Å². The molecular weight excluding hydrogens is 240 g/mol. The van der Waals surface area contributed by atoms with E-state index in [1.54, 1.807) is 0 Å². The third kappa shape index (κ3) is 8.41. The van der Waals surface area contributed by atoms with Gasteiger partial charge in [-0.2, -0.15) is 0 Å². The minimum atomic E-state index is -3.09. The molecule has 0 saturated heterocycles. The van der Waals surface area contributed by atoms with Gasteiger partial charge in [0.05, 0.1) is 18.3 Å². The number of nitrogens with two attached hydrogens (primary N) is 1. The lowest BCUT2D eigenvalue weighted by atomic mass is 10.2. The van der Waals surface area contributed by atoms with Gasteiger partial charge in [0.25, 0.3) is 0 Å². The van der Waals surface area contributed by atoms with Gasteiger partial charge in [-0.3, -0.25) is 4.79 Å². The van der Waals surface area contributed by atoms with E-state index in [-0.39, 0.29) is 18.7 Å². The van der Waals surface area contributed by atoms with E-state index in [4.69, 9.17) is 17.3 Å². The van der Waals surface area contributed by atoms with Gasteiger partial charge in [0, 0.05) is 11.3 Å². The fourth-order valence-electron chi connectivity index (χ4n) is 0.786. The zero-order valence-corrected chi connectivity index (χ0v) is 10.1. The summed E-state index contributed by atoms with van der Waals surface area (Å²) in [6, 6.07) is -0.837. The highest BCUT2D eigenvalue weighted by atomic mass is 35.5. The first-order valence-corrected chi connectivity index (χ1v) is 6.70. The summed E-state index contributed by atoms with van der Waals surface area (Å²) in [6.45, 7) is 3.52. The summed E-state index contributed by atoms with van der Waals surface area (Å²) >= 11 is 5.43. The molecule has 3 N–H and O–H groups in total. The second-order valence-electron chi connectivity index (χ2n) is 3.26. The van der Waals surface area contributed by atoms with Crippen molar-refractivity contribution in [1.82, 2.24) is 5.32 Å². The summed E-state index contributed by atoms with van der Waals surface area (Å²) in [5.41, 5.74) is 5.46. The van der Waals surface area contributed by atoms with E-state index < -0.39 is 21.8 Å². The first-order valence-electron chi connectivity index (χ1n) is 4.26. The van der Waals surface area contributed by atoms with Gasteiger partial charge in [-0.25, -0.2) is 8.42 Å². The van der Waals surface area contributed by atoms with Gasteiger partial charge in [-0.15, -0.1) is 0 Å². The van der Waals surface area contributed by atoms with E-state index in [1.807, 2.05) is 0 Å². The number of rotatable bonds is 6. The second-order valence-corrected chi connectivity index (χ2v) is 6.05. The molecule has 0 spiro atoms. The number of hydrogen-bond acceptors (Lipinski definition) is 4. The number of hydrogen-bond donors (Lipinski definition) is 2. The number of carbonyl (C=O) groups excluding carboxylic acids is 1. The molecule has 5 nitrogen and oxygen atoms in total. The third-order valence-electron chi connectivity index (χ3n) is 1.59. The lowest BCUT2D eigenvalue weighted by Gasteiger charge is -2.10. The SMILES string of the molecule is C=C(Cl)CNC(=O)C(N)CCS(C)(=O)=O. The maximum Gasteiger partial charge on any atom is 0.237 e. The van der Waals surface area contributed by atoms with Crippen LogP contribution in [0.25, 0.3) is 0 Å². The second kappa shape index (κ2) is 6.09. The zero-order valence-electron chi connectivity index (χ0n) is 8.49. The Morgan fingerprint density at radius 1 is 1.60 bits per heavy atom. The molecule has 15 heavy (non-hydrogen) atoms. The Bertz CT molecular complexity index is 340. The maximum atomic E-state index is 11.2. The Balaban J connectivity index is 3.95. The monoisotopic (exact) mass is 254 g/mol. The minimum absolute atomic E-state index is 0.0967. The number of sulfone groups is 1. The molecule has 0 aliphatic rings. The van der Waals surface area contributed by atoms with Crippen LogP contribution in [-0.4, -0.2) is 38.9 Å². The van der Waals surface area contributed by atoms with E-state index in [1.165, 1.54) is 0 Å². The normalized spacial score (nSPS) is 13.3. The fourth-order valence-corrected chi connectivity index (χ4v) is 1.54. The molecule has 0 rings (SSSR count). The standard InChI is InChI=1S/C8H15ClN2O3S/c1-6(9)5-11-8(12)7(10)3-4-15(2,13)14/h7H,1,3-5,10H2,2H3,(H,11,12). The quantitative estimate of drug-likeness (QED) is 0.676. The van der Waals surface area contributed by atoms with Crippen LogP contribution in [0, 0.1) is 0 Å². The van der Waals surface area contributed by atoms with Crippen LogP contribution in [0.2, 0.25) is 0 Å². The fraction of sp³-hybridized carbons (Fsp3) is 0.625. The van der Waals surface area contributed by atoms with Crippen LogP contribution in [0.3, 0.4) is 0 Å². The van der Waals surface area contributed by atoms with Crippen molar-refractivity contribution in [3.63, 3.8) is 0 Å². The van der Waals surface area contributed by atoms with Crippen LogP contribution >= 0.6 is 11.6 Å². The summed E-state index contributed by atoms with van der Waals surface area (Å²) in [7, 11) is -3.09. The highest BCUT2D eigenvalue weighted by Gasteiger charge is 2.15. The molecule has 0 aromatic rings. The van der Waals surface area contributed by atoms with Crippen LogP contribution in [0.4, 0.5) is 0 Å². The molecule has 0 aromatic carbocycles. The first-order chi connectivity index (χ1) is 6.72. The summed E-state index contributed by atoms with van der Waals surface area (Å²) in [5.74, 6) is -0.538. The molecule has 1 atom stereocenters. The lowest BCUT2D eigenvalue weighted by molar-refractivity contribution is -0.122. The number of carbonyl (C=O) groups is 1. The first kappa shape index (κ1) is 14.4. The largest absolute Gasteiger partial charge is 0.350 e. The topological polar surface area (TPSA) is 89.3 Å². The Hall–Kier alpha value is -0.590. The van der Waals surface area contributed by atoms with Crippen molar-refractivity contribution < 1.29 is 13.2 Å². The molecule has 0 aromatic heterocycles. The molecule has 88 valence electrons. The van der Waals surface area contributed by atoms with Gasteiger partial charge in [0.1, 0.15) is 9.84 Å². The molecule has 0 aliphatic carbocycles. The molecule has 1 amide bonds. The lowest BCUT2D eigenvalue weighted by Crippen LogP contribution is -2.41. The number of halogens is 1. The number of amides is 1. The molecular formula is C8H15ClN2O3S. The summed E-state index contributed by atoms with van der Waals surface area (Å²) in [4.78, 5) is 11.2. The summed E-state index contributed by atoms with van der Waals surface area (Å²) in [6.07, 6.45) is 1.19. The van der Waals surface area contributed by atoms with Crippen molar-refractivity contribution in [2.24, 2.45) is 5.73 Å². The van der Waals surface area contributed by atoms with E-state index in [2.05, 4.69) is 11.9 Å². The average Bonchev–Trinajstić information content (AvgIpc) is 2.08. The molecule has 0 heterocycles. The Labute approximate surface area is 94.6 Å². The average molecular weight is 255 g/mol. The minimum Gasteiger partial charge on any atom is -0.350 e. The van der Waals surface area contributed by atoms with Crippen molar-refractivity contribution in [2.75, 3.05) is 18.6 Å². The highest BCUT2D eigenvalue weighted by molar-refractivity contribution is 7.90. The van der Waals surface area contributed by atoms with Gasteiger partial charge < -0.3 is 11.1 Å². The third-order valence-corrected chi connectivity index (χ3v) is 2.70. The molecule has 0 aliphatic heterocycles. The molecule has 0 radical (unpaired) electrons. The summed E-state index contributed by atoms with van der Waals surface area (Å²) < 4.78 is 21.6. The van der Waals surface area contributed by atoms with Gasteiger partial charge >= 0.3 is 0 Å². The van der Waals surface area contributed by atoms with Crippen LogP contribution in [0.5, 0.6) is 0 Å². The van der Waals surface area contributed by atoms with E-state index in [0.717, 1.165) is 6.26 Å². The maximum absolute atomic E-state index is 11.2. The highest BCUT2D eigenvalue weighted by Crippen LogP contribution is 1.96. The van der Waals surface area contributed by atoms with Crippen molar-refractivity contribution in [1.29, 1.82) is 0 Å². The Kier molecular flexibility index (Phi) is 5.85. The molecule has 0 bridgehead atoms. The van der Waals surface area contributed by atoms with Crippen LogP contribution in [0.15, 0.2) is 11.6 Å². The van der Waals surface area contributed by atoms with E-state index >= 15 is 0 Å². The van der Waals surface area contributed by atoms with Crippen molar-refractivity contribution in [3.05, 3.63) is 11.6 Å². The van der Waals surface area contributed by atoms with Crippen molar-refractivity contribution in [3.8, 4) is 0 Å². The van der Waals surface area contributed by atoms with Gasteiger partial charge in [-0.1, -0.05) is 18.2 Å². The van der Waals surface area contributed by atoms with Gasteiger partial charge in [0.2, 0.25) is 5.91 Å². The van der Waals surface area contributed by atoms with Crippen LogP contribution in [-0.2, 0) is 14.6 Å². The smallest absolute Gasteiger partial charge is 0.237 e. The van der Waals surface area contributed by atoms with E-state index in [9.17, 15) is 13.2 Å². The zero-order chi connectivity index (χ0) is 12.1.